The van der Waals surface area contributed by atoms with Crippen molar-refractivity contribution >= 4 is 11.9 Å². The Labute approximate surface area is 102 Å². The first-order chi connectivity index (χ1) is 8.32. The summed E-state index contributed by atoms with van der Waals surface area (Å²) in [7, 11) is 1.29. The van der Waals surface area contributed by atoms with E-state index in [9.17, 15) is 18.4 Å². The lowest BCUT2D eigenvalue weighted by atomic mass is 10.2. The van der Waals surface area contributed by atoms with Gasteiger partial charge in [-0.1, -0.05) is 6.07 Å². The second kappa shape index (κ2) is 5.54. The molecule has 1 amide bonds. The molecule has 18 heavy (non-hydrogen) atoms. The average Bonchev–Trinajstić information content (AvgIpc) is 2.30. The largest absolute Gasteiger partial charge is 0.480 e. The number of halogens is 2. The predicted octanol–water partition coefficient (Wildman–Crippen LogP) is 0.335. The summed E-state index contributed by atoms with van der Waals surface area (Å²) in [5.41, 5.74) is 5.21. The van der Waals surface area contributed by atoms with Gasteiger partial charge >= 0.3 is 5.97 Å². The van der Waals surface area contributed by atoms with E-state index >= 15 is 0 Å². The van der Waals surface area contributed by atoms with Gasteiger partial charge in [0.15, 0.2) is 6.04 Å². The van der Waals surface area contributed by atoms with Crippen LogP contribution in [0.2, 0.25) is 0 Å². The van der Waals surface area contributed by atoms with Gasteiger partial charge in [0, 0.05) is 25.2 Å². The van der Waals surface area contributed by atoms with E-state index in [1.165, 1.54) is 13.1 Å². The van der Waals surface area contributed by atoms with Gasteiger partial charge < -0.3 is 15.7 Å². The van der Waals surface area contributed by atoms with E-state index in [1.54, 1.807) is 0 Å². The fraction of sp³-hybridized carbons (Fsp3) is 0.273. The maximum Gasteiger partial charge on any atom is 0.330 e. The van der Waals surface area contributed by atoms with Crippen LogP contribution in [-0.4, -0.2) is 35.0 Å². The Morgan fingerprint density at radius 2 is 2.06 bits per heavy atom. The van der Waals surface area contributed by atoms with Crippen LogP contribution in [0.1, 0.15) is 5.56 Å². The number of aliphatic carboxylic acids is 1. The molecular weight excluding hydrogens is 246 g/mol. The molecule has 0 aromatic heterocycles. The van der Waals surface area contributed by atoms with Gasteiger partial charge in [-0.05, 0) is 6.07 Å². The van der Waals surface area contributed by atoms with Crippen molar-refractivity contribution in [2.45, 2.75) is 12.6 Å². The summed E-state index contributed by atoms with van der Waals surface area (Å²) >= 11 is 0. The Morgan fingerprint density at radius 3 is 2.56 bits per heavy atom. The van der Waals surface area contributed by atoms with Gasteiger partial charge in [0.1, 0.15) is 11.6 Å². The molecule has 0 saturated carbocycles. The van der Waals surface area contributed by atoms with Crippen LogP contribution >= 0.6 is 0 Å². The second-order valence-electron chi connectivity index (χ2n) is 3.75. The van der Waals surface area contributed by atoms with Crippen molar-refractivity contribution in [1.82, 2.24) is 4.90 Å². The average molecular weight is 258 g/mol. The van der Waals surface area contributed by atoms with Crippen molar-refractivity contribution in [3.8, 4) is 0 Å². The molecule has 0 aliphatic heterocycles. The predicted molar refractivity (Wildman–Crippen MR) is 58.4 cm³/mol. The minimum atomic E-state index is -1.70. The number of hydrogen-bond acceptors (Lipinski definition) is 3. The van der Waals surface area contributed by atoms with Gasteiger partial charge in [-0.3, -0.25) is 4.79 Å². The third kappa shape index (κ3) is 3.24. The summed E-state index contributed by atoms with van der Waals surface area (Å²) in [5.74, 6) is -3.86. The summed E-state index contributed by atoms with van der Waals surface area (Å²) in [6.07, 6.45) is 0. The van der Waals surface area contributed by atoms with Crippen molar-refractivity contribution in [2.24, 2.45) is 5.73 Å². The van der Waals surface area contributed by atoms with Crippen LogP contribution < -0.4 is 5.73 Å². The molecule has 1 unspecified atom stereocenters. The zero-order valence-corrected chi connectivity index (χ0v) is 9.56. The summed E-state index contributed by atoms with van der Waals surface area (Å²) in [4.78, 5) is 23.0. The lowest BCUT2D eigenvalue weighted by Gasteiger charge is -2.19. The zero-order valence-electron chi connectivity index (χ0n) is 9.56. The molecule has 98 valence electrons. The summed E-state index contributed by atoms with van der Waals surface area (Å²) in [5, 5.41) is 8.56. The number of nitrogens with zero attached hydrogens (tertiary/aromatic N) is 1. The van der Waals surface area contributed by atoms with Gasteiger partial charge in [-0.2, -0.15) is 0 Å². The molecule has 0 spiro atoms. The molecule has 1 rings (SSSR count). The number of rotatable bonds is 4. The summed E-state index contributed by atoms with van der Waals surface area (Å²) in [6, 6.07) is 1.22. The Morgan fingerprint density at radius 1 is 1.44 bits per heavy atom. The number of carbonyl (C=O) groups is 2. The quantitative estimate of drug-likeness (QED) is 0.762. The lowest BCUT2D eigenvalue weighted by Crippen LogP contribution is -2.46. The van der Waals surface area contributed by atoms with Crippen molar-refractivity contribution in [1.29, 1.82) is 0 Å². The fourth-order valence-electron chi connectivity index (χ4n) is 1.33. The third-order valence-electron chi connectivity index (χ3n) is 2.33. The highest BCUT2D eigenvalue weighted by atomic mass is 19.1. The van der Waals surface area contributed by atoms with Crippen molar-refractivity contribution < 1.29 is 23.5 Å². The summed E-state index contributed by atoms with van der Waals surface area (Å²) in [6.45, 7) is -0.189. The second-order valence-corrected chi connectivity index (χ2v) is 3.75. The third-order valence-corrected chi connectivity index (χ3v) is 2.33. The van der Waals surface area contributed by atoms with Crippen LogP contribution in [0.3, 0.4) is 0 Å². The number of benzene rings is 1. The van der Waals surface area contributed by atoms with Crippen LogP contribution in [0, 0.1) is 11.6 Å². The number of nitrogens with two attached hydrogens (primary N) is 1. The Kier molecular flexibility index (Phi) is 4.33. The highest BCUT2D eigenvalue weighted by Gasteiger charge is 2.25. The molecular formula is C11H12F2N2O3. The monoisotopic (exact) mass is 258 g/mol. The molecule has 1 aromatic rings. The number of carboxylic acid groups (broad SMARTS) is 1. The van der Waals surface area contributed by atoms with E-state index < -0.39 is 29.6 Å². The van der Waals surface area contributed by atoms with Gasteiger partial charge in [-0.25, -0.2) is 13.6 Å². The minimum absolute atomic E-state index is 0.0739. The molecule has 3 N–H and O–H groups in total. The van der Waals surface area contributed by atoms with E-state index in [0.717, 1.165) is 11.0 Å². The van der Waals surface area contributed by atoms with E-state index in [1.807, 2.05) is 0 Å². The number of amides is 1. The molecule has 0 radical (unpaired) electrons. The molecule has 1 atom stereocenters. The maximum absolute atomic E-state index is 13.3. The molecule has 0 heterocycles. The van der Waals surface area contributed by atoms with Crippen LogP contribution in [0.5, 0.6) is 0 Å². The Bertz CT molecular complexity index is 479. The highest BCUT2D eigenvalue weighted by molar-refractivity contribution is 6.00. The van der Waals surface area contributed by atoms with E-state index in [0.29, 0.717) is 6.07 Å². The van der Waals surface area contributed by atoms with Crippen molar-refractivity contribution in [2.75, 3.05) is 7.05 Å². The smallest absolute Gasteiger partial charge is 0.330 e. The van der Waals surface area contributed by atoms with Crippen molar-refractivity contribution in [3.05, 3.63) is 35.4 Å². The number of likely N-dealkylation sites (N-methyl/N-ethyl adjacent to an activating group) is 1. The molecule has 5 nitrogen and oxygen atoms in total. The molecule has 0 fully saturated rings. The number of carboxylic acids is 1. The Hall–Kier alpha value is -2.02. The van der Waals surface area contributed by atoms with Gasteiger partial charge in [-0.15, -0.1) is 0 Å². The fourth-order valence-corrected chi connectivity index (χ4v) is 1.33. The van der Waals surface area contributed by atoms with Gasteiger partial charge in [0.05, 0.1) is 0 Å². The molecule has 0 saturated heterocycles. The molecule has 0 aliphatic carbocycles. The van der Waals surface area contributed by atoms with E-state index in [2.05, 4.69) is 0 Å². The van der Waals surface area contributed by atoms with Crippen molar-refractivity contribution in [3.63, 3.8) is 0 Å². The number of carbonyl (C=O) groups excluding carboxylic acids is 1. The first-order valence-corrected chi connectivity index (χ1v) is 5.00. The maximum atomic E-state index is 13.3. The standard InChI is InChI=1S/C11H12F2N2O3/c1-15(10(16)9(14)11(17)18)5-6-2-3-7(12)4-8(6)13/h2-4,9H,5,14H2,1H3,(H,17,18). The normalized spacial score (nSPS) is 12.0. The minimum Gasteiger partial charge on any atom is -0.480 e. The molecule has 7 heteroatoms. The van der Waals surface area contributed by atoms with Crippen LogP contribution in [-0.2, 0) is 16.1 Å². The zero-order chi connectivity index (χ0) is 13.9. The van der Waals surface area contributed by atoms with Crippen LogP contribution in [0.4, 0.5) is 8.78 Å². The molecule has 1 aromatic carbocycles. The van der Waals surface area contributed by atoms with Crippen LogP contribution in [0.25, 0.3) is 0 Å². The van der Waals surface area contributed by atoms with E-state index in [4.69, 9.17) is 10.8 Å². The Balaban J connectivity index is 2.78. The molecule has 0 aliphatic rings. The first-order valence-electron chi connectivity index (χ1n) is 5.00. The lowest BCUT2D eigenvalue weighted by molar-refractivity contribution is -0.146. The van der Waals surface area contributed by atoms with Gasteiger partial charge in [0.2, 0.25) is 0 Å². The molecule has 0 bridgehead atoms. The van der Waals surface area contributed by atoms with Crippen LogP contribution in [0.15, 0.2) is 18.2 Å². The SMILES string of the molecule is CN(Cc1ccc(F)cc1F)C(=O)C(N)C(=O)O. The topological polar surface area (TPSA) is 83.6 Å². The van der Waals surface area contributed by atoms with E-state index in [-0.39, 0.29) is 12.1 Å². The number of hydrogen-bond donors (Lipinski definition) is 2. The summed E-state index contributed by atoms with van der Waals surface area (Å²) < 4.78 is 26.0. The highest BCUT2D eigenvalue weighted by Crippen LogP contribution is 2.11. The van der Waals surface area contributed by atoms with Gasteiger partial charge in [0.25, 0.3) is 5.91 Å². The first kappa shape index (κ1) is 14.0.